The van der Waals surface area contributed by atoms with Gasteiger partial charge in [0.2, 0.25) is 0 Å². The van der Waals surface area contributed by atoms with Crippen LogP contribution in [-0.2, 0) is 9.53 Å². The van der Waals surface area contributed by atoms with Gasteiger partial charge >= 0.3 is 5.97 Å². The van der Waals surface area contributed by atoms with Crippen LogP contribution in [0.15, 0.2) is 48.5 Å². The summed E-state index contributed by atoms with van der Waals surface area (Å²) >= 11 is 5.79. The van der Waals surface area contributed by atoms with E-state index in [0.29, 0.717) is 35.3 Å². The number of ether oxygens (including phenoxy) is 3. The van der Waals surface area contributed by atoms with Gasteiger partial charge < -0.3 is 14.2 Å². The number of ketones is 1. The third-order valence-corrected chi connectivity index (χ3v) is 3.74. The van der Waals surface area contributed by atoms with Crippen molar-refractivity contribution in [2.45, 2.75) is 0 Å². The summed E-state index contributed by atoms with van der Waals surface area (Å²) in [7, 11) is 0. The van der Waals surface area contributed by atoms with E-state index in [4.69, 9.17) is 25.8 Å². The Kier molecular flexibility index (Phi) is 5.36. The maximum atomic E-state index is 12.1. The molecule has 0 aromatic heterocycles. The highest BCUT2D eigenvalue weighted by atomic mass is 35.5. The van der Waals surface area contributed by atoms with Crippen LogP contribution in [-0.4, -0.2) is 31.6 Å². The van der Waals surface area contributed by atoms with Crippen molar-refractivity contribution in [2.24, 2.45) is 0 Å². The molecule has 25 heavy (non-hydrogen) atoms. The van der Waals surface area contributed by atoms with Gasteiger partial charge in [-0.05, 0) is 42.0 Å². The summed E-state index contributed by atoms with van der Waals surface area (Å²) in [6, 6.07) is 11.9. The van der Waals surface area contributed by atoms with Gasteiger partial charge in [-0.25, -0.2) is 4.79 Å². The van der Waals surface area contributed by atoms with Crippen LogP contribution in [0.2, 0.25) is 5.02 Å². The Balaban J connectivity index is 1.54. The average molecular weight is 359 g/mol. The molecule has 0 bridgehead atoms. The number of fused-ring (bicyclic) bond motifs is 1. The van der Waals surface area contributed by atoms with Gasteiger partial charge in [0.15, 0.2) is 23.9 Å². The minimum atomic E-state index is -0.596. The lowest BCUT2D eigenvalue weighted by Crippen LogP contribution is -2.17. The Morgan fingerprint density at radius 1 is 1.04 bits per heavy atom. The van der Waals surface area contributed by atoms with Crippen molar-refractivity contribution in [1.29, 1.82) is 0 Å². The minimum Gasteiger partial charge on any atom is -0.486 e. The lowest BCUT2D eigenvalue weighted by Gasteiger charge is -2.18. The number of halogens is 1. The van der Waals surface area contributed by atoms with Crippen LogP contribution in [0, 0.1) is 0 Å². The molecule has 0 aliphatic carbocycles. The van der Waals surface area contributed by atoms with Gasteiger partial charge in [-0.15, -0.1) is 0 Å². The highest BCUT2D eigenvalue weighted by Crippen LogP contribution is 2.30. The Bertz CT molecular complexity index is 811. The Morgan fingerprint density at radius 3 is 2.52 bits per heavy atom. The quantitative estimate of drug-likeness (QED) is 0.464. The number of esters is 1. The zero-order chi connectivity index (χ0) is 17.6. The molecule has 2 aromatic carbocycles. The van der Waals surface area contributed by atoms with Gasteiger partial charge in [-0.3, -0.25) is 4.79 Å². The maximum absolute atomic E-state index is 12.1. The summed E-state index contributed by atoms with van der Waals surface area (Å²) in [5.74, 6) is 0.211. The molecule has 0 saturated carbocycles. The average Bonchev–Trinajstić information content (AvgIpc) is 2.65. The van der Waals surface area contributed by atoms with E-state index in [1.54, 1.807) is 48.5 Å². The molecular weight excluding hydrogens is 344 g/mol. The molecule has 1 aliphatic heterocycles. The van der Waals surface area contributed by atoms with Crippen molar-refractivity contribution in [3.05, 3.63) is 64.7 Å². The smallest absolute Gasteiger partial charge is 0.331 e. The highest BCUT2D eigenvalue weighted by Gasteiger charge is 2.15. The lowest BCUT2D eigenvalue weighted by atomic mass is 10.1. The van der Waals surface area contributed by atoms with E-state index >= 15 is 0 Å². The monoisotopic (exact) mass is 358 g/mol. The molecule has 6 heteroatoms. The van der Waals surface area contributed by atoms with Crippen molar-refractivity contribution in [3.63, 3.8) is 0 Å². The third-order valence-electron chi connectivity index (χ3n) is 3.49. The number of rotatable bonds is 5. The summed E-state index contributed by atoms with van der Waals surface area (Å²) in [5.41, 5.74) is 1.21. The van der Waals surface area contributed by atoms with E-state index in [0.717, 1.165) is 5.56 Å². The summed E-state index contributed by atoms with van der Waals surface area (Å²) in [6.45, 7) is 0.580. The number of carbonyl (C=O) groups excluding carboxylic acids is 2. The third kappa shape index (κ3) is 4.61. The minimum absolute atomic E-state index is 0.315. The van der Waals surface area contributed by atoms with Crippen molar-refractivity contribution >= 4 is 29.4 Å². The zero-order valence-corrected chi connectivity index (χ0v) is 14.0. The number of carbonyl (C=O) groups is 2. The molecule has 0 N–H and O–H groups in total. The lowest BCUT2D eigenvalue weighted by molar-refractivity contribution is -0.136. The number of benzene rings is 2. The molecule has 2 aromatic rings. The Morgan fingerprint density at radius 2 is 1.76 bits per heavy atom. The first-order valence-corrected chi connectivity index (χ1v) is 8.03. The van der Waals surface area contributed by atoms with Crippen LogP contribution in [0.25, 0.3) is 6.08 Å². The molecule has 0 amide bonds. The van der Waals surface area contributed by atoms with Gasteiger partial charge in [0.25, 0.3) is 0 Å². The molecule has 3 rings (SSSR count). The fraction of sp³-hybridized carbons (Fsp3) is 0.158. The fourth-order valence-electron chi connectivity index (χ4n) is 2.22. The van der Waals surface area contributed by atoms with Crippen LogP contribution in [0.4, 0.5) is 0 Å². The van der Waals surface area contributed by atoms with E-state index in [1.165, 1.54) is 6.08 Å². The summed E-state index contributed by atoms with van der Waals surface area (Å²) < 4.78 is 15.8. The molecule has 0 saturated heterocycles. The first-order chi connectivity index (χ1) is 12.1. The SMILES string of the molecule is O=C(/C=C/c1ccc(Cl)cc1)OCC(=O)c1ccc2c(c1)OCCO2. The normalized spacial score (nSPS) is 12.8. The second kappa shape index (κ2) is 7.85. The molecule has 0 spiro atoms. The molecule has 0 fully saturated rings. The van der Waals surface area contributed by atoms with E-state index in [9.17, 15) is 9.59 Å². The molecule has 0 unspecified atom stereocenters. The maximum Gasteiger partial charge on any atom is 0.331 e. The van der Waals surface area contributed by atoms with E-state index in [1.807, 2.05) is 0 Å². The second-order valence-corrected chi connectivity index (χ2v) is 5.71. The van der Waals surface area contributed by atoms with Gasteiger partial charge in [0, 0.05) is 16.7 Å². The van der Waals surface area contributed by atoms with E-state index in [2.05, 4.69) is 0 Å². The van der Waals surface area contributed by atoms with Gasteiger partial charge in [0.1, 0.15) is 13.2 Å². The predicted molar refractivity (Wildman–Crippen MR) is 93.2 cm³/mol. The Hall–Kier alpha value is -2.79. The largest absolute Gasteiger partial charge is 0.486 e. The van der Waals surface area contributed by atoms with Crippen LogP contribution in [0.5, 0.6) is 11.5 Å². The Labute approximate surface area is 149 Å². The van der Waals surface area contributed by atoms with Crippen molar-refractivity contribution in [1.82, 2.24) is 0 Å². The van der Waals surface area contributed by atoms with Crippen molar-refractivity contribution in [3.8, 4) is 11.5 Å². The standard InChI is InChI=1S/C19H15ClO5/c20-15-5-1-13(2-6-15)3-8-19(22)25-12-16(21)14-4-7-17-18(11-14)24-10-9-23-17/h1-8,11H,9-10,12H2/b8-3+. The van der Waals surface area contributed by atoms with E-state index in [-0.39, 0.29) is 12.4 Å². The van der Waals surface area contributed by atoms with Crippen LogP contribution in [0.3, 0.4) is 0 Å². The highest BCUT2D eigenvalue weighted by molar-refractivity contribution is 6.30. The van der Waals surface area contributed by atoms with Crippen molar-refractivity contribution < 1.29 is 23.8 Å². The summed E-state index contributed by atoms with van der Waals surface area (Å²) in [5, 5.41) is 0.616. The van der Waals surface area contributed by atoms with Crippen LogP contribution in [0.1, 0.15) is 15.9 Å². The summed E-state index contributed by atoms with van der Waals surface area (Å²) in [4.78, 5) is 23.9. The van der Waals surface area contributed by atoms with E-state index < -0.39 is 5.97 Å². The molecular formula is C19H15ClO5. The van der Waals surface area contributed by atoms with Crippen LogP contribution < -0.4 is 9.47 Å². The van der Waals surface area contributed by atoms with Gasteiger partial charge in [0.05, 0.1) is 0 Å². The molecule has 0 radical (unpaired) electrons. The molecule has 1 heterocycles. The van der Waals surface area contributed by atoms with Gasteiger partial charge in [-0.2, -0.15) is 0 Å². The molecule has 0 atom stereocenters. The molecule has 128 valence electrons. The first kappa shape index (κ1) is 17.0. The van der Waals surface area contributed by atoms with Crippen LogP contribution >= 0.6 is 11.6 Å². The summed E-state index contributed by atoms with van der Waals surface area (Å²) in [6.07, 6.45) is 2.85. The molecule has 5 nitrogen and oxygen atoms in total. The molecule has 1 aliphatic rings. The first-order valence-electron chi connectivity index (χ1n) is 7.65. The number of Topliss-reactive ketones (excluding diaryl/α,β-unsaturated/α-hetero) is 1. The number of hydrogen-bond acceptors (Lipinski definition) is 5. The van der Waals surface area contributed by atoms with Crippen molar-refractivity contribution in [2.75, 3.05) is 19.8 Å². The second-order valence-electron chi connectivity index (χ2n) is 5.27. The zero-order valence-electron chi connectivity index (χ0n) is 13.2. The predicted octanol–water partition coefficient (Wildman–Crippen LogP) is 3.55. The fourth-order valence-corrected chi connectivity index (χ4v) is 2.35. The van der Waals surface area contributed by atoms with Gasteiger partial charge in [-0.1, -0.05) is 23.7 Å². The number of hydrogen-bond donors (Lipinski definition) is 0. The topological polar surface area (TPSA) is 61.8 Å².